The monoisotopic (exact) mass is 349 g/mol. The number of hydrogen-bond acceptors (Lipinski definition) is 4. The molecule has 0 amide bonds. The number of nitrogen functional groups attached to an aromatic ring is 1. The van der Waals surface area contributed by atoms with Gasteiger partial charge in [-0.3, -0.25) is 4.98 Å². The molecule has 0 atom stereocenters. The summed E-state index contributed by atoms with van der Waals surface area (Å²) in [5, 5.41) is 0.832. The van der Waals surface area contributed by atoms with Crippen molar-refractivity contribution in [2.45, 2.75) is 0 Å². The van der Waals surface area contributed by atoms with Crippen molar-refractivity contribution in [2.75, 3.05) is 5.73 Å². The molecule has 0 aliphatic heterocycles. The minimum absolute atomic E-state index is 0.469. The van der Waals surface area contributed by atoms with Gasteiger partial charge in [0.1, 0.15) is 22.4 Å². The highest BCUT2D eigenvalue weighted by Gasteiger charge is 2.11. The summed E-state index contributed by atoms with van der Waals surface area (Å²) in [5.74, 6) is 3.48. The summed E-state index contributed by atoms with van der Waals surface area (Å²) in [5.41, 5.74) is 14.4. The molecule has 3 radical (unpaired) electrons. The van der Waals surface area contributed by atoms with Crippen LogP contribution in [0.15, 0.2) is 67.1 Å². The van der Waals surface area contributed by atoms with Crippen LogP contribution >= 0.6 is 0 Å². The molecule has 0 spiro atoms. The van der Waals surface area contributed by atoms with Gasteiger partial charge in [0.25, 0.3) is 0 Å². The van der Waals surface area contributed by atoms with Crippen molar-refractivity contribution in [1.82, 2.24) is 15.0 Å². The lowest BCUT2D eigenvalue weighted by Gasteiger charge is -2.10. The molecule has 121 valence electrons. The third-order valence-electron chi connectivity index (χ3n) is 4.13. The molecule has 0 fully saturated rings. The quantitative estimate of drug-likeness (QED) is 0.445. The molecule has 4 aromatic rings. The van der Waals surface area contributed by atoms with E-state index in [1.54, 1.807) is 6.20 Å². The number of anilines is 1. The third-order valence-corrected chi connectivity index (χ3v) is 4.25. The Labute approximate surface area is 154 Å². The summed E-state index contributed by atoms with van der Waals surface area (Å²) in [4.78, 5) is 13.0. The second kappa shape index (κ2) is 6.79. The Balaban J connectivity index is 1.90. The number of aromatic nitrogens is 3. The van der Waals surface area contributed by atoms with Crippen molar-refractivity contribution < 1.29 is 0 Å². The number of pyridine rings is 1. The summed E-state index contributed by atoms with van der Waals surface area (Å²) in [7, 11) is 3.20. The predicted molar refractivity (Wildman–Crippen MR) is 105 cm³/mol. The first-order valence-electron chi connectivity index (χ1n) is 8.00. The zero-order valence-electron chi connectivity index (χ0n) is 13.8. The van der Waals surface area contributed by atoms with Gasteiger partial charge in [-0.05, 0) is 35.9 Å². The van der Waals surface area contributed by atoms with Gasteiger partial charge in [0.2, 0.25) is 0 Å². The molecule has 0 bridgehead atoms. The van der Waals surface area contributed by atoms with Gasteiger partial charge in [-0.1, -0.05) is 30.2 Å². The molecule has 0 saturated heterocycles. The number of benzene rings is 2. The van der Waals surface area contributed by atoms with Crippen LogP contribution in [0.5, 0.6) is 0 Å². The minimum Gasteiger partial charge on any atom is -0.383 e. The van der Waals surface area contributed by atoms with Gasteiger partial charge in [-0.25, -0.2) is 9.97 Å². The van der Waals surface area contributed by atoms with Gasteiger partial charge in [0.05, 0.1) is 11.2 Å². The summed E-state index contributed by atoms with van der Waals surface area (Å²) in [6.07, 6.45) is 3.27. The van der Waals surface area contributed by atoms with Crippen LogP contribution < -0.4 is 5.73 Å². The SMILES string of the molecule is Nc1ncnc2ccc(-c3cccnc3-c3cccc(C#C[Si])c3)cc12. The van der Waals surface area contributed by atoms with Crippen LogP contribution in [-0.4, -0.2) is 25.2 Å². The maximum atomic E-state index is 6.02. The van der Waals surface area contributed by atoms with E-state index in [1.807, 2.05) is 54.6 Å². The number of rotatable bonds is 2. The zero-order valence-corrected chi connectivity index (χ0v) is 14.8. The Morgan fingerprint density at radius 3 is 2.69 bits per heavy atom. The van der Waals surface area contributed by atoms with Gasteiger partial charge < -0.3 is 5.73 Å². The van der Waals surface area contributed by atoms with E-state index >= 15 is 0 Å². The zero-order chi connectivity index (χ0) is 17.9. The van der Waals surface area contributed by atoms with Crippen LogP contribution in [0.2, 0.25) is 0 Å². The van der Waals surface area contributed by atoms with E-state index in [-0.39, 0.29) is 0 Å². The maximum Gasteiger partial charge on any atom is 0.147 e. The fourth-order valence-electron chi connectivity index (χ4n) is 2.93. The maximum absolute atomic E-state index is 6.02. The first-order valence-corrected chi connectivity index (χ1v) is 8.50. The lowest BCUT2D eigenvalue weighted by atomic mass is 9.97. The number of hydrogen-bond donors (Lipinski definition) is 1. The minimum atomic E-state index is 0.469. The largest absolute Gasteiger partial charge is 0.383 e. The fourth-order valence-corrected chi connectivity index (χ4v) is 3.07. The van der Waals surface area contributed by atoms with E-state index in [0.29, 0.717) is 5.82 Å². The number of fused-ring (bicyclic) bond motifs is 1. The molecule has 0 saturated carbocycles. The third kappa shape index (κ3) is 2.94. The molecule has 2 N–H and O–H groups in total. The molecular formula is C21H13N4Si. The predicted octanol–water partition coefficient (Wildman–Crippen LogP) is 3.42. The van der Waals surface area contributed by atoms with E-state index in [4.69, 9.17) is 5.73 Å². The highest BCUT2D eigenvalue weighted by molar-refractivity contribution is 6.22. The van der Waals surface area contributed by atoms with Gasteiger partial charge in [0.15, 0.2) is 0 Å². The van der Waals surface area contributed by atoms with Crippen molar-refractivity contribution in [3.8, 4) is 33.8 Å². The Bertz CT molecular complexity index is 1180. The molecule has 0 unspecified atom stereocenters. The highest BCUT2D eigenvalue weighted by atomic mass is 28.1. The topological polar surface area (TPSA) is 64.7 Å². The molecule has 5 heteroatoms. The van der Waals surface area contributed by atoms with E-state index in [2.05, 4.69) is 36.7 Å². The van der Waals surface area contributed by atoms with Crippen molar-refractivity contribution >= 4 is 27.0 Å². The Morgan fingerprint density at radius 2 is 1.81 bits per heavy atom. The molecule has 0 aliphatic carbocycles. The van der Waals surface area contributed by atoms with Gasteiger partial charge in [-0.2, -0.15) is 0 Å². The van der Waals surface area contributed by atoms with Crippen molar-refractivity contribution in [1.29, 1.82) is 0 Å². The van der Waals surface area contributed by atoms with Crippen LogP contribution in [0.25, 0.3) is 33.3 Å². The lowest BCUT2D eigenvalue weighted by molar-refractivity contribution is 1.23. The van der Waals surface area contributed by atoms with Gasteiger partial charge in [0, 0.05) is 28.3 Å². The Kier molecular flexibility index (Phi) is 4.18. The fraction of sp³-hybridized carbons (Fsp3) is 0. The summed E-state index contributed by atoms with van der Waals surface area (Å²) < 4.78 is 0. The smallest absolute Gasteiger partial charge is 0.147 e. The standard InChI is InChI=1S/C21H13N4Si/c22-21-18-12-15(6-7-19(18)24-13-25-21)17-5-2-9-23-20(17)16-4-1-3-14(11-16)8-10-26/h1-7,9,11-13H,(H2,22,24,25). The number of nitrogens with two attached hydrogens (primary N) is 1. The van der Waals surface area contributed by atoms with Gasteiger partial charge >= 0.3 is 0 Å². The average Bonchev–Trinajstić information content (AvgIpc) is 2.69. The summed E-state index contributed by atoms with van der Waals surface area (Å²) in [6.45, 7) is 0. The van der Waals surface area contributed by atoms with E-state index in [0.717, 1.165) is 38.9 Å². The first-order chi connectivity index (χ1) is 12.8. The van der Waals surface area contributed by atoms with E-state index in [9.17, 15) is 0 Å². The molecular weight excluding hydrogens is 336 g/mol. The van der Waals surface area contributed by atoms with Crippen molar-refractivity contribution in [3.05, 3.63) is 72.7 Å². The second-order valence-corrected chi connectivity index (χ2v) is 5.97. The first kappa shape index (κ1) is 16.0. The van der Waals surface area contributed by atoms with E-state index < -0.39 is 0 Å². The van der Waals surface area contributed by atoms with Crippen LogP contribution in [0.1, 0.15) is 5.56 Å². The Morgan fingerprint density at radius 1 is 0.885 bits per heavy atom. The lowest BCUT2D eigenvalue weighted by Crippen LogP contribution is -1.94. The molecule has 4 nitrogen and oxygen atoms in total. The number of nitrogens with zero attached hydrogens (tertiary/aromatic N) is 3. The van der Waals surface area contributed by atoms with Crippen LogP contribution in [-0.2, 0) is 0 Å². The summed E-state index contributed by atoms with van der Waals surface area (Å²) >= 11 is 0. The molecule has 2 heterocycles. The summed E-state index contributed by atoms with van der Waals surface area (Å²) in [6, 6.07) is 18.0. The van der Waals surface area contributed by atoms with Crippen LogP contribution in [0, 0.1) is 11.5 Å². The second-order valence-electron chi connectivity index (χ2n) is 5.72. The molecule has 2 aromatic heterocycles. The average molecular weight is 349 g/mol. The molecule has 26 heavy (non-hydrogen) atoms. The van der Waals surface area contributed by atoms with Crippen molar-refractivity contribution in [3.63, 3.8) is 0 Å². The van der Waals surface area contributed by atoms with Crippen LogP contribution in [0.4, 0.5) is 5.82 Å². The van der Waals surface area contributed by atoms with Crippen molar-refractivity contribution in [2.24, 2.45) is 0 Å². The van der Waals surface area contributed by atoms with Crippen LogP contribution in [0.3, 0.4) is 0 Å². The highest BCUT2D eigenvalue weighted by Crippen LogP contribution is 2.32. The normalized spacial score (nSPS) is 10.3. The molecule has 0 aliphatic rings. The molecule has 4 rings (SSSR count). The Hall–Kier alpha value is -3.49. The molecule has 2 aromatic carbocycles. The van der Waals surface area contributed by atoms with Gasteiger partial charge in [-0.15, -0.1) is 5.54 Å². The van der Waals surface area contributed by atoms with E-state index in [1.165, 1.54) is 6.33 Å².